The van der Waals surface area contributed by atoms with Crippen LogP contribution in [-0.2, 0) is 0 Å². The Hall–Kier alpha value is 1.25. The van der Waals surface area contributed by atoms with E-state index in [4.69, 9.17) is 0 Å². The van der Waals surface area contributed by atoms with Crippen LogP contribution in [0.5, 0.6) is 0 Å². The zero-order chi connectivity index (χ0) is 13.0. The van der Waals surface area contributed by atoms with E-state index in [2.05, 4.69) is 106 Å². The average Bonchev–Trinajstić information content (AvgIpc) is 2.40. The standard InChI is InChI=1S/C12H10P2Se4/c15-13(11-7-3-1-4-8-11)18-14(16,17)12-9-5-2-6-10-12/h1-10H/q+1. The first-order chi connectivity index (χ1) is 8.59. The van der Waals surface area contributed by atoms with E-state index in [1.165, 1.54) is 10.6 Å². The van der Waals surface area contributed by atoms with E-state index in [-0.39, 0.29) is 4.86 Å². The summed E-state index contributed by atoms with van der Waals surface area (Å²) in [6, 6.07) is 21.6. The summed E-state index contributed by atoms with van der Waals surface area (Å²) in [5.74, 6) is 0. The van der Waals surface area contributed by atoms with Crippen molar-refractivity contribution in [3.8, 4) is 0 Å². The van der Waals surface area contributed by atoms with E-state index in [1.807, 2.05) is 0 Å². The maximum absolute atomic E-state index is 3.45. The SMILES string of the molecule is [Se]P(=[Se])([Se][P+](=[Se])c1ccccc1)c1ccccc1. The Bertz CT molecular complexity index is 584. The van der Waals surface area contributed by atoms with Gasteiger partial charge in [0.15, 0.2) is 0 Å². The van der Waals surface area contributed by atoms with E-state index < -0.39 is 2.89 Å². The van der Waals surface area contributed by atoms with Crippen molar-refractivity contribution < 1.29 is 0 Å². The molecule has 6 heteroatoms. The second kappa shape index (κ2) is 7.31. The van der Waals surface area contributed by atoms with Crippen LogP contribution < -0.4 is 10.6 Å². The molecule has 2 aromatic carbocycles. The van der Waals surface area contributed by atoms with Gasteiger partial charge in [0, 0.05) is 0 Å². The van der Waals surface area contributed by atoms with E-state index in [0.717, 1.165) is 0 Å². The summed E-state index contributed by atoms with van der Waals surface area (Å²) in [7, 11) is 0. The van der Waals surface area contributed by atoms with Crippen LogP contribution in [0.25, 0.3) is 0 Å². The molecule has 0 aromatic heterocycles. The molecule has 2 rings (SSSR count). The van der Waals surface area contributed by atoms with Crippen LogP contribution in [-0.4, -0.2) is 59.8 Å². The maximum atomic E-state index is 3.45. The van der Waals surface area contributed by atoms with Gasteiger partial charge in [0.05, 0.1) is 0 Å². The van der Waals surface area contributed by atoms with Crippen LogP contribution in [0.3, 0.4) is 0 Å². The predicted molar refractivity (Wildman–Crippen MR) is 89.0 cm³/mol. The Balaban J connectivity index is 2.19. The fraction of sp³-hybridized carbons (Fsp3) is 0. The van der Waals surface area contributed by atoms with E-state index in [9.17, 15) is 0 Å². The molecule has 0 aliphatic rings. The fourth-order valence-corrected chi connectivity index (χ4v) is 57.8. The fourth-order valence-electron chi connectivity index (χ4n) is 1.35. The number of hydrogen-bond donors (Lipinski definition) is 0. The first-order valence-electron chi connectivity index (χ1n) is 5.18. The summed E-state index contributed by atoms with van der Waals surface area (Å²) in [6.45, 7) is 0. The molecule has 0 saturated carbocycles. The van der Waals surface area contributed by atoms with Gasteiger partial charge in [-0.05, 0) is 0 Å². The molecule has 91 valence electrons. The van der Waals surface area contributed by atoms with Gasteiger partial charge in [0.2, 0.25) is 0 Å². The van der Waals surface area contributed by atoms with Crippen molar-refractivity contribution in [2.75, 3.05) is 0 Å². The molecule has 0 aliphatic carbocycles. The third-order valence-corrected chi connectivity index (χ3v) is 38.4. The summed E-state index contributed by atoms with van der Waals surface area (Å²) in [4.78, 5) is -0.163. The quantitative estimate of drug-likeness (QED) is 0.418. The van der Waals surface area contributed by atoms with Gasteiger partial charge in [0.1, 0.15) is 0 Å². The molecule has 0 bridgehead atoms. The molecule has 0 amide bonds. The third-order valence-electron chi connectivity index (χ3n) is 2.22. The topological polar surface area (TPSA) is 0 Å². The molecule has 0 saturated heterocycles. The number of hydrogen-bond acceptors (Lipinski definition) is 0. The molecule has 0 nitrogen and oxygen atoms in total. The van der Waals surface area contributed by atoms with Crippen molar-refractivity contribution >= 4 is 78.2 Å². The second-order valence-corrected chi connectivity index (χ2v) is 38.8. The zero-order valence-corrected chi connectivity index (χ0v) is 17.9. The predicted octanol–water partition coefficient (Wildman–Crippen LogP) is 1.92. The molecule has 0 heterocycles. The summed E-state index contributed by atoms with van der Waals surface area (Å²) in [5.41, 5.74) is 0. The summed E-state index contributed by atoms with van der Waals surface area (Å²) >= 11 is 10.8. The molecule has 2 aromatic rings. The molecular weight excluding hydrogens is 522 g/mol. The Kier molecular flexibility index (Phi) is 6.35. The summed E-state index contributed by atoms with van der Waals surface area (Å²) < 4.78 is -1.21. The third kappa shape index (κ3) is 4.38. The van der Waals surface area contributed by atoms with Crippen LogP contribution in [0.15, 0.2) is 60.7 Å². The van der Waals surface area contributed by atoms with Crippen molar-refractivity contribution in [1.29, 1.82) is 0 Å². The molecule has 2 atom stereocenters. The van der Waals surface area contributed by atoms with Crippen LogP contribution in [0.2, 0.25) is 0 Å². The van der Waals surface area contributed by atoms with Crippen molar-refractivity contribution in [3.05, 3.63) is 60.7 Å². The van der Waals surface area contributed by atoms with Crippen LogP contribution in [0.1, 0.15) is 0 Å². The molecular formula is C12H10P2Se4+. The van der Waals surface area contributed by atoms with E-state index in [1.54, 1.807) is 0 Å². The molecule has 1 radical (unpaired) electrons. The van der Waals surface area contributed by atoms with Crippen LogP contribution in [0.4, 0.5) is 0 Å². The molecule has 2 unspecified atom stereocenters. The number of benzene rings is 2. The molecule has 0 spiro atoms. The van der Waals surface area contributed by atoms with Gasteiger partial charge in [-0.3, -0.25) is 0 Å². The van der Waals surface area contributed by atoms with Gasteiger partial charge >= 0.3 is 139 Å². The van der Waals surface area contributed by atoms with E-state index >= 15 is 0 Å². The summed E-state index contributed by atoms with van der Waals surface area (Å²) in [6.07, 6.45) is 0. The minimum absolute atomic E-state index is 0.163. The molecule has 18 heavy (non-hydrogen) atoms. The number of rotatable bonds is 4. The van der Waals surface area contributed by atoms with Crippen molar-refractivity contribution in [1.82, 2.24) is 0 Å². The zero-order valence-electron chi connectivity index (χ0n) is 9.30. The van der Waals surface area contributed by atoms with Crippen molar-refractivity contribution in [2.45, 2.75) is 0 Å². The van der Waals surface area contributed by atoms with E-state index in [0.29, 0.717) is 14.1 Å². The molecule has 0 N–H and O–H groups in total. The Morgan fingerprint density at radius 3 is 1.94 bits per heavy atom. The first kappa shape index (κ1) is 15.6. The Labute approximate surface area is 137 Å². The molecule has 0 aliphatic heterocycles. The van der Waals surface area contributed by atoms with Gasteiger partial charge in [0.25, 0.3) is 0 Å². The Morgan fingerprint density at radius 1 is 0.889 bits per heavy atom. The minimum atomic E-state index is -1.21. The Morgan fingerprint density at radius 2 is 1.39 bits per heavy atom. The molecule has 0 fully saturated rings. The van der Waals surface area contributed by atoms with Gasteiger partial charge in [-0.25, -0.2) is 0 Å². The van der Waals surface area contributed by atoms with Crippen molar-refractivity contribution in [2.24, 2.45) is 0 Å². The van der Waals surface area contributed by atoms with Gasteiger partial charge in [-0.1, -0.05) is 0 Å². The van der Waals surface area contributed by atoms with Gasteiger partial charge < -0.3 is 0 Å². The van der Waals surface area contributed by atoms with Crippen LogP contribution >= 0.6 is 7.75 Å². The normalized spacial score (nSPS) is 14.8. The van der Waals surface area contributed by atoms with Crippen molar-refractivity contribution in [3.63, 3.8) is 0 Å². The average molecular weight is 532 g/mol. The van der Waals surface area contributed by atoms with Gasteiger partial charge in [-0.15, -0.1) is 0 Å². The van der Waals surface area contributed by atoms with Gasteiger partial charge in [-0.2, -0.15) is 0 Å². The first-order valence-corrected chi connectivity index (χ1v) is 19.4. The van der Waals surface area contributed by atoms with Crippen LogP contribution in [0, 0.1) is 0 Å². The second-order valence-electron chi connectivity index (χ2n) is 3.51. The summed E-state index contributed by atoms with van der Waals surface area (Å²) in [5, 5.41) is 2.90. The monoisotopic (exact) mass is 536 g/mol.